The highest BCUT2D eigenvalue weighted by Gasteiger charge is 2.56. The number of benzene rings is 1. The summed E-state index contributed by atoms with van der Waals surface area (Å²) in [4.78, 5) is 34.3. The number of amides is 2. The smallest absolute Gasteiger partial charge is 0.425 e. The van der Waals surface area contributed by atoms with E-state index >= 15 is 0 Å². The molecule has 2 amide bonds. The monoisotopic (exact) mass is 783 g/mol. The molecule has 16 heteroatoms. The maximum atomic E-state index is 14.9. The molecule has 0 aliphatic carbocycles. The summed E-state index contributed by atoms with van der Waals surface area (Å²) < 4.78 is 95.5. The van der Waals surface area contributed by atoms with Gasteiger partial charge in [0.05, 0.1) is 33.9 Å². The summed E-state index contributed by atoms with van der Waals surface area (Å²) in [6, 6.07) is 7.11. The molecule has 0 spiro atoms. The number of ether oxygens (including phenoxy) is 2. The summed E-state index contributed by atoms with van der Waals surface area (Å²) in [6.45, 7) is 8.78. The number of hydrogen-bond acceptors (Lipinski definition) is 8. The van der Waals surface area contributed by atoms with Crippen LogP contribution in [0.25, 0.3) is 0 Å². The van der Waals surface area contributed by atoms with E-state index in [-0.39, 0.29) is 69.9 Å². The average molecular weight is 784 g/mol. The molecule has 2 saturated heterocycles. The zero-order valence-electron chi connectivity index (χ0n) is 30.1. The van der Waals surface area contributed by atoms with Crippen molar-refractivity contribution in [2.45, 2.75) is 88.9 Å². The number of aliphatic hydroxyl groups is 2. The lowest BCUT2D eigenvalue weighted by atomic mass is 9.78. The summed E-state index contributed by atoms with van der Waals surface area (Å²) in [5.41, 5.74) is -5.72. The van der Waals surface area contributed by atoms with E-state index < -0.39 is 62.8 Å². The van der Waals surface area contributed by atoms with E-state index in [9.17, 15) is 46.1 Å². The fraction of sp³-hybridized carbons (Fsp3) is 0.500. The SMILES string of the molecule is C=C(O)C(C)(C)COc1ccccc1C1(O)CCN(C(=O)[C@]2(Oc3csc(C(F)(F)F)c3)CCCN(C(=O)c3cnccc3C(F)(F)F)[C@@H]2CCC)CC1. The Bertz CT molecular complexity index is 1840. The number of para-hydroxylation sites is 1. The second-order valence-electron chi connectivity index (χ2n) is 14.4. The molecular weight excluding hydrogens is 740 g/mol. The van der Waals surface area contributed by atoms with Crippen LogP contribution in [-0.4, -0.2) is 74.7 Å². The summed E-state index contributed by atoms with van der Waals surface area (Å²) in [6.07, 6.45) is -7.34. The van der Waals surface area contributed by atoms with Gasteiger partial charge >= 0.3 is 12.4 Å². The second kappa shape index (κ2) is 15.4. The van der Waals surface area contributed by atoms with E-state index in [0.717, 1.165) is 28.7 Å². The van der Waals surface area contributed by atoms with Crippen LogP contribution in [0.1, 0.15) is 85.7 Å². The zero-order chi connectivity index (χ0) is 39.7. The van der Waals surface area contributed by atoms with Gasteiger partial charge in [-0.1, -0.05) is 38.1 Å². The number of piperidine rings is 2. The van der Waals surface area contributed by atoms with Gasteiger partial charge < -0.3 is 29.5 Å². The Balaban J connectivity index is 1.49. The largest absolute Gasteiger partial charge is 0.512 e. The first-order valence-electron chi connectivity index (χ1n) is 17.5. The van der Waals surface area contributed by atoms with Gasteiger partial charge in [-0.25, -0.2) is 0 Å². The average Bonchev–Trinajstić information content (AvgIpc) is 3.60. The number of carbonyl (C=O) groups excluding carboxylic acids is 2. The van der Waals surface area contributed by atoms with E-state index in [4.69, 9.17) is 9.47 Å². The van der Waals surface area contributed by atoms with Gasteiger partial charge in [0.1, 0.15) is 23.0 Å². The van der Waals surface area contributed by atoms with Crippen molar-refractivity contribution in [3.05, 3.63) is 88.1 Å². The van der Waals surface area contributed by atoms with Crippen LogP contribution in [-0.2, 0) is 22.7 Å². The molecule has 2 aromatic heterocycles. The number of nitrogens with zero attached hydrogens (tertiary/aromatic N) is 3. The molecule has 0 saturated carbocycles. The fourth-order valence-corrected chi connectivity index (χ4v) is 7.71. The maximum absolute atomic E-state index is 14.9. The first kappa shape index (κ1) is 40.9. The van der Waals surface area contributed by atoms with Crippen LogP contribution < -0.4 is 9.47 Å². The molecule has 2 atom stereocenters. The number of aliphatic hydroxyl groups excluding tert-OH is 1. The Morgan fingerprint density at radius 1 is 1.04 bits per heavy atom. The number of rotatable bonds is 11. The Labute approximate surface area is 313 Å². The lowest BCUT2D eigenvalue weighted by Gasteiger charge is -2.51. The normalized spacial score (nSPS) is 20.7. The van der Waals surface area contributed by atoms with Crippen LogP contribution in [0.4, 0.5) is 26.3 Å². The Hall–Kier alpha value is -4.31. The molecule has 2 aliphatic heterocycles. The van der Waals surface area contributed by atoms with Crippen molar-refractivity contribution in [3.63, 3.8) is 0 Å². The lowest BCUT2D eigenvalue weighted by molar-refractivity contribution is -0.163. The molecule has 4 heterocycles. The minimum Gasteiger partial charge on any atom is -0.512 e. The number of pyridine rings is 1. The first-order valence-corrected chi connectivity index (χ1v) is 18.4. The number of thiophene rings is 1. The lowest BCUT2D eigenvalue weighted by Crippen LogP contribution is -2.68. The highest BCUT2D eigenvalue weighted by molar-refractivity contribution is 7.10. The molecule has 0 unspecified atom stereocenters. The Morgan fingerprint density at radius 2 is 1.72 bits per heavy atom. The van der Waals surface area contributed by atoms with Gasteiger partial charge in [0.15, 0.2) is 0 Å². The summed E-state index contributed by atoms with van der Waals surface area (Å²) in [7, 11) is 0. The summed E-state index contributed by atoms with van der Waals surface area (Å²) >= 11 is 0.368. The highest BCUT2D eigenvalue weighted by atomic mass is 32.1. The van der Waals surface area contributed by atoms with Crippen LogP contribution in [0, 0.1) is 5.41 Å². The number of hydrogen-bond donors (Lipinski definition) is 2. The molecule has 294 valence electrons. The zero-order valence-corrected chi connectivity index (χ0v) is 30.9. The number of likely N-dealkylation sites (tertiary alicyclic amines) is 2. The van der Waals surface area contributed by atoms with Gasteiger partial charge in [0.25, 0.3) is 11.8 Å². The molecule has 54 heavy (non-hydrogen) atoms. The van der Waals surface area contributed by atoms with Crippen molar-refractivity contribution in [1.29, 1.82) is 0 Å². The van der Waals surface area contributed by atoms with Crippen LogP contribution in [0.2, 0.25) is 0 Å². The molecule has 2 fully saturated rings. The number of halogens is 6. The van der Waals surface area contributed by atoms with E-state index in [1.807, 2.05) is 0 Å². The molecule has 3 aromatic rings. The number of aromatic nitrogens is 1. The summed E-state index contributed by atoms with van der Waals surface area (Å²) in [5.74, 6) is -1.67. The third-order valence-electron chi connectivity index (χ3n) is 10.2. The van der Waals surface area contributed by atoms with Crippen LogP contribution in [0.15, 0.2) is 66.5 Å². The minimum atomic E-state index is -4.89. The van der Waals surface area contributed by atoms with Gasteiger partial charge in [-0.15, -0.1) is 11.3 Å². The van der Waals surface area contributed by atoms with Crippen LogP contribution in [0.5, 0.6) is 11.5 Å². The molecule has 2 N–H and O–H groups in total. The third kappa shape index (κ3) is 8.33. The fourth-order valence-electron chi connectivity index (χ4n) is 7.04. The molecule has 1 aromatic carbocycles. The predicted molar refractivity (Wildman–Crippen MR) is 188 cm³/mol. The topological polar surface area (TPSA) is 112 Å². The molecule has 5 rings (SSSR count). The first-order chi connectivity index (χ1) is 25.2. The quantitative estimate of drug-likeness (QED) is 0.149. The van der Waals surface area contributed by atoms with Crippen molar-refractivity contribution >= 4 is 23.2 Å². The minimum absolute atomic E-state index is 0.0215. The highest BCUT2D eigenvalue weighted by Crippen LogP contribution is 2.45. The Morgan fingerprint density at radius 3 is 2.33 bits per heavy atom. The predicted octanol–water partition coefficient (Wildman–Crippen LogP) is 8.39. The molecule has 2 aliphatic rings. The van der Waals surface area contributed by atoms with Gasteiger partial charge in [0.2, 0.25) is 5.60 Å². The van der Waals surface area contributed by atoms with Crippen molar-refractivity contribution in [2.75, 3.05) is 26.2 Å². The van der Waals surface area contributed by atoms with Crippen molar-refractivity contribution in [3.8, 4) is 11.5 Å². The standard InChI is InChI=1S/C38H43F6N3O6S/c1-5-9-30-36(53-25-20-31(54-22-25)38(42,43)44,13-8-17-47(30)32(49)26-21-45-16-12-27(26)37(39,40)41)33(50)46-18-14-35(51,15-19-46)28-10-6-7-11-29(28)52-23-34(3,4)24(2)48/h6-7,10-12,16,20-22,30,48,51H,2,5,8-9,13-15,17-19,23H2,1,3-4H3/t30-,36+/m1/s1. The van der Waals surface area contributed by atoms with Gasteiger partial charge in [0, 0.05) is 55.5 Å². The van der Waals surface area contributed by atoms with Crippen molar-refractivity contribution in [1.82, 2.24) is 14.8 Å². The molecule has 9 nitrogen and oxygen atoms in total. The van der Waals surface area contributed by atoms with E-state index in [1.54, 1.807) is 45.0 Å². The molecular formula is C38H43F6N3O6S. The molecule has 0 radical (unpaired) electrons. The van der Waals surface area contributed by atoms with Crippen molar-refractivity contribution < 1.29 is 55.6 Å². The second-order valence-corrected chi connectivity index (χ2v) is 15.3. The van der Waals surface area contributed by atoms with Crippen molar-refractivity contribution in [2.24, 2.45) is 5.41 Å². The number of carbonyl (C=O) groups is 2. The van der Waals surface area contributed by atoms with Gasteiger partial charge in [-0.3, -0.25) is 14.6 Å². The third-order valence-corrected chi connectivity index (χ3v) is 11.1. The van der Waals surface area contributed by atoms with Crippen LogP contribution in [0.3, 0.4) is 0 Å². The van der Waals surface area contributed by atoms with E-state index in [0.29, 0.717) is 35.1 Å². The van der Waals surface area contributed by atoms with Crippen LogP contribution >= 0.6 is 11.3 Å². The van der Waals surface area contributed by atoms with Gasteiger partial charge in [-0.05, 0) is 51.7 Å². The van der Waals surface area contributed by atoms with E-state index in [2.05, 4.69) is 11.6 Å². The molecule has 0 bridgehead atoms. The number of alkyl halides is 6. The summed E-state index contributed by atoms with van der Waals surface area (Å²) in [5, 5.41) is 23.0. The van der Waals surface area contributed by atoms with E-state index in [1.165, 1.54) is 4.90 Å². The van der Waals surface area contributed by atoms with Gasteiger partial charge in [-0.2, -0.15) is 26.3 Å². The maximum Gasteiger partial charge on any atom is 0.425 e. The Kier molecular flexibility index (Phi) is 11.7.